The summed E-state index contributed by atoms with van der Waals surface area (Å²) >= 11 is 0. The molecule has 0 aromatic rings. The van der Waals surface area contributed by atoms with Crippen LogP contribution in [0.15, 0.2) is 0 Å². The van der Waals surface area contributed by atoms with Crippen LogP contribution in [0.2, 0.25) is 0 Å². The SMILES string of the molecule is O=C(O)C(=O)O.O=C=O. The van der Waals surface area contributed by atoms with Gasteiger partial charge in [0, 0.05) is 0 Å². The molecule has 0 radical (unpaired) electrons. The van der Waals surface area contributed by atoms with Crippen LogP contribution in [0.1, 0.15) is 0 Å². The zero-order valence-corrected chi connectivity index (χ0v) is 4.03. The summed E-state index contributed by atoms with van der Waals surface area (Å²) in [6, 6.07) is 0. The van der Waals surface area contributed by atoms with E-state index in [0.29, 0.717) is 0 Å². The summed E-state index contributed by atoms with van der Waals surface area (Å²) in [7, 11) is 0. The highest BCUT2D eigenvalue weighted by Gasteiger charge is 2.04. The Morgan fingerprint density at radius 3 is 1.11 bits per heavy atom. The van der Waals surface area contributed by atoms with E-state index in [2.05, 4.69) is 0 Å². The number of carbonyl (C=O) groups excluding carboxylic acids is 2. The second-order valence-corrected chi connectivity index (χ2v) is 0.694. The second-order valence-electron chi connectivity index (χ2n) is 0.694. The normalized spacial score (nSPS) is 5.78. The van der Waals surface area contributed by atoms with Crippen molar-refractivity contribution in [1.29, 1.82) is 0 Å². The van der Waals surface area contributed by atoms with Crippen molar-refractivity contribution in [2.24, 2.45) is 0 Å². The lowest BCUT2D eigenvalue weighted by atomic mass is 10.7. The first-order valence-corrected chi connectivity index (χ1v) is 1.51. The average Bonchev–Trinajstić information content (AvgIpc) is 1.68. The first-order chi connectivity index (χ1) is 4.06. The van der Waals surface area contributed by atoms with Crippen molar-refractivity contribution in [3.8, 4) is 0 Å². The highest BCUT2D eigenvalue weighted by atomic mass is 16.4. The highest BCUT2D eigenvalue weighted by Crippen LogP contribution is 1.56. The van der Waals surface area contributed by atoms with E-state index in [1.807, 2.05) is 0 Å². The van der Waals surface area contributed by atoms with Gasteiger partial charge >= 0.3 is 18.1 Å². The third-order valence-corrected chi connectivity index (χ3v) is 0.183. The molecule has 2 N–H and O–H groups in total. The van der Waals surface area contributed by atoms with Gasteiger partial charge in [0.2, 0.25) is 0 Å². The molecule has 50 valence electrons. The van der Waals surface area contributed by atoms with Crippen LogP contribution in [-0.4, -0.2) is 28.3 Å². The summed E-state index contributed by atoms with van der Waals surface area (Å²) in [5, 5.41) is 14.8. The van der Waals surface area contributed by atoms with Gasteiger partial charge in [-0.05, 0) is 0 Å². The van der Waals surface area contributed by atoms with Gasteiger partial charge in [-0.3, -0.25) is 0 Å². The Bertz CT molecular complexity index is 128. The van der Waals surface area contributed by atoms with Crippen molar-refractivity contribution in [1.82, 2.24) is 0 Å². The van der Waals surface area contributed by atoms with Gasteiger partial charge in [0.05, 0.1) is 0 Å². The first-order valence-electron chi connectivity index (χ1n) is 1.51. The van der Waals surface area contributed by atoms with Gasteiger partial charge < -0.3 is 10.2 Å². The number of carbonyl (C=O) groups is 2. The number of carboxylic acids is 2. The molecule has 0 unspecified atom stereocenters. The van der Waals surface area contributed by atoms with Crippen molar-refractivity contribution in [3.05, 3.63) is 0 Å². The summed E-state index contributed by atoms with van der Waals surface area (Å²) in [5.41, 5.74) is 0. The fourth-order valence-corrected chi connectivity index (χ4v) is 0. The third kappa shape index (κ3) is 21.9. The van der Waals surface area contributed by atoms with Gasteiger partial charge in [-0.1, -0.05) is 0 Å². The van der Waals surface area contributed by atoms with E-state index in [1.54, 1.807) is 0 Å². The number of hydrogen-bond donors (Lipinski definition) is 2. The van der Waals surface area contributed by atoms with Gasteiger partial charge in [0.25, 0.3) is 0 Å². The van der Waals surface area contributed by atoms with Crippen LogP contribution < -0.4 is 0 Å². The van der Waals surface area contributed by atoms with E-state index in [1.165, 1.54) is 0 Å². The minimum Gasteiger partial charge on any atom is -0.473 e. The topological polar surface area (TPSA) is 109 Å². The Balaban J connectivity index is 0. The van der Waals surface area contributed by atoms with E-state index in [-0.39, 0.29) is 6.15 Å². The fourth-order valence-electron chi connectivity index (χ4n) is 0. The van der Waals surface area contributed by atoms with Gasteiger partial charge in [0.15, 0.2) is 0 Å². The molecule has 0 saturated carbocycles. The molecular weight excluding hydrogens is 132 g/mol. The molecule has 6 heteroatoms. The summed E-state index contributed by atoms with van der Waals surface area (Å²) in [6.07, 6.45) is 0.250. The van der Waals surface area contributed by atoms with Crippen LogP contribution in [0.3, 0.4) is 0 Å². The number of carboxylic acid groups (broad SMARTS) is 2. The van der Waals surface area contributed by atoms with E-state index < -0.39 is 11.9 Å². The molecule has 0 aliphatic carbocycles. The molecule has 0 aromatic heterocycles. The van der Waals surface area contributed by atoms with Gasteiger partial charge in [-0.25, -0.2) is 9.59 Å². The summed E-state index contributed by atoms with van der Waals surface area (Å²) in [5.74, 6) is -3.65. The quantitative estimate of drug-likeness (QED) is 0.393. The summed E-state index contributed by atoms with van der Waals surface area (Å²) in [4.78, 5) is 34.4. The third-order valence-electron chi connectivity index (χ3n) is 0.183. The van der Waals surface area contributed by atoms with Crippen LogP contribution in [0.5, 0.6) is 0 Å². The lowest BCUT2D eigenvalue weighted by Gasteiger charge is -1.72. The van der Waals surface area contributed by atoms with Crippen LogP contribution in [0.25, 0.3) is 0 Å². The molecule has 0 spiro atoms. The number of rotatable bonds is 0. The van der Waals surface area contributed by atoms with Crippen LogP contribution in [0, 0.1) is 0 Å². The molecular formula is C3H2O6. The monoisotopic (exact) mass is 134 g/mol. The molecule has 6 nitrogen and oxygen atoms in total. The van der Waals surface area contributed by atoms with Crippen LogP contribution in [-0.2, 0) is 19.2 Å². The largest absolute Gasteiger partial charge is 0.473 e. The molecule has 0 aromatic carbocycles. The van der Waals surface area contributed by atoms with Crippen molar-refractivity contribution < 1.29 is 29.4 Å². The summed E-state index contributed by atoms with van der Waals surface area (Å²) < 4.78 is 0. The Morgan fingerprint density at radius 2 is 1.11 bits per heavy atom. The smallest absolute Gasteiger partial charge is 0.414 e. The fraction of sp³-hybridized carbons (Fsp3) is 0. The molecule has 9 heavy (non-hydrogen) atoms. The predicted molar refractivity (Wildman–Crippen MR) is 20.3 cm³/mol. The predicted octanol–water partition coefficient (Wildman–Crippen LogP) is -1.43. The lowest BCUT2D eigenvalue weighted by Crippen LogP contribution is -2.09. The lowest BCUT2D eigenvalue weighted by molar-refractivity contribution is -0.191. The van der Waals surface area contributed by atoms with Gasteiger partial charge in [-0.15, -0.1) is 0 Å². The zero-order chi connectivity index (χ0) is 7.86. The number of hydrogen-bond acceptors (Lipinski definition) is 4. The zero-order valence-electron chi connectivity index (χ0n) is 4.03. The Morgan fingerprint density at radius 1 is 1.00 bits per heavy atom. The molecule has 0 atom stereocenters. The molecule has 0 heterocycles. The maximum atomic E-state index is 9.10. The van der Waals surface area contributed by atoms with E-state index in [9.17, 15) is 0 Å². The second kappa shape index (κ2) is 6.32. The maximum absolute atomic E-state index is 9.10. The standard InChI is InChI=1S/C2H2O4.CO2/c3-1(4)2(5)6;2-1-3/h(H,3,4)(H,5,6);. The van der Waals surface area contributed by atoms with Crippen LogP contribution in [0.4, 0.5) is 0 Å². The van der Waals surface area contributed by atoms with Crippen molar-refractivity contribution in [2.45, 2.75) is 0 Å². The maximum Gasteiger partial charge on any atom is 0.414 e. The highest BCUT2D eigenvalue weighted by molar-refractivity contribution is 6.27. The minimum absolute atomic E-state index is 0.250. The summed E-state index contributed by atoms with van der Waals surface area (Å²) in [6.45, 7) is 0. The Hall–Kier alpha value is -1.68. The van der Waals surface area contributed by atoms with Crippen molar-refractivity contribution in [2.75, 3.05) is 0 Å². The minimum atomic E-state index is -1.82. The molecule has 0 rings (SSSR count). The van der Waals surface area contributed by atoms with E-state index >= 15 is 0 Å². The van der Waals surface area contributed by atoms with Gasteiger partial charge in [0.1, 0.15) is 0 Å². The molecule has 0 saturated heterocycles. The Kier molecular flexibility index (Phi) is 7.25. The van der Waals surface area contributed by atoms with Crippen molar-refractivity contribution in [3.63, 3.8) is 0 Å². The average molecular weight is 134 g/mol. The molecule has 0 aliphatic heterocycles. The molecule has 0 bridgehead atoms. The molecule has 0 aliphatic rings. The first kappa shape index (κ1) is 10.3. The molecule has 0 fully saturated rings. The Labute approximate surface area is 48.7 Å². The number of aliphatic carboxylic acids is 2. The van der Waals surface area contributed by atoms with Crippen molar-refractivity contribution >= 4 is 18.1 Å². The van der Waals surface area contributed by atoms with E-state index in [0.717, 1.165) is 0 Å². The van der Waals surface area contributed by atoms with E-state index in [4.69, 9.17) is 29.4 Å². The molecule has 0 amide bonds. The van der Waals surface area contributed by atoms with Gasteiger partial charge in [-0.2, -0.15) is 9.59 Å². The van der Waals surface area contributed by atoms with Crippen LogP contribution >= 0.6 is 0 Å².